The number of hydrogen-bond donors (Lipinski definition) is 2. The second-order valence-electron chi connectivity index (χ2n) is 4.27. The molecule has 2 aliphatic rings. The Bertz CT molecular complexity index is 210. The highest BCUT2D eigenvalue weighted by atomic mass is 19.1. The average Bonchev–Trinajstić information content (AvgIpc) is 2.11. The van der Waals surface area contributed by atoms with E-state index < -0.39 is 24.7 Å². The topological polar surface area (TPSA) is 58.9 Å². The molecule has 15 heavy (non-hydrogen) atoms. The van der Waals surface area contributed by atoms with Gasteiger partial charge in [-0.3, -0.25) is 0 Å². The lowest BCUT2D eigenvalue weighted by Gasteiger charge is -2.35. The molecule has 1 saturated carbocycles. The van der Waals surface area contributed by atoms with Gasteiger partial charge in [-0.2, -0.15) is 0 Å². The van der Waals surface area contributed by atoms with Crippen molar-refractivity contribution in [2.24, 2.45) is 0 Å². The van der Waals surface area contributed by atoms with Gasteiger partial charge in [0, 0.05) is 6.42 Å². The Kier molecular flexibility index (Phi) is 3.56. The van der Waals surface area contributed by atoms with Gasteiger partial charge in [0.1, 0.15) is 18.4 Å². The lowest BCUT2D eigenvalue weighted by Crippen LogP contribution is -2.48. The maximum atomic E-state index is 13.4. The van der Waals surface area contributed by atoms with Gasteiger partial charge < -0.3 is 19.7 Å². The summed E-state index contributed by atoms with van der Waals surface area (Å²) in [7, 11) is 0. The van der Waals surface area contributed by atoms with Gasteiger partial charge in [-0.1, -0.05) is 0 Å². The van der Waals surface area contributed by atoms with Crippen molar-refractivity contribution in [3.63, 3.8) is 0 Å². The highest BCUT2D eigenvalue weighted by Crippen LogP contribution is 2.25. The van der Waals surface area contributed by atoms with Crippen LogP contribution in [-0.4, -0.2) is 47.6 Å². The molecule has 3 unspecified atom stereocenters. The van der Waals surface area contributed by atoms with Crippen LogP contribution in [0.1, 0.15) is 25.7 Å². The smallest absolute Gasteiger partial charge is 0.181 e. The molecule has 1 saturated heterocycles. The average molecular weight is 220 g/mol. The quantitative estimate of drug-likeness (QED) is 0.721. The lowest BCUT2D eigenvalue weighted by atomic mass is 9.96. The molecular weight excluding hydrogens is 203 g/mol. The molecule has 2 rings (SSSR count). The van der Waals surface area contributed by atoms with E-state index in [1.807, 2.05) is 0 Å². The number of rotatable bonds is 3. The highest BCUT2D eigenvalue weighted by molar-refractivity contribution is 4.81. The number of aliphatic hydroxyl groups is 2. The predicted molar refractivity (Wildman–Crippen MR) is 50.0 cm³/mol. The molecule has 0 bridgehead atoms. The van der Waals surface area contributed by atoms with Crippen molar-refractivity contribution in [3.05, 3.63) is 0 Å². The molecule has 88 valence electrons. The number of ether oxygens (including phenoxy) is 2. The number of halogens is 1. The van der Waals surface area contributed by atoms with E-state index in [1.165, 1.54) is 0 Å². The Morgan fingerprint density at radius 1 is 1.33 bits per heavy atom. The highest BCUT2D eigenvalue weighted by Gasteiger charge is 2.37. The molecular formula is C10H17FO4. The molecule has 0 aromatic carbocycles. The molecule has 0 amide bonds. The van der Waals surface area contributed by atoms with Crippen molar-refractivity contribution in [2.75, 3.05) is 6.61 Å². The van der Waals surface area contributed by atoms with E-state index in [9.17, 15) is 9.50 Å². The van der Waals surface area contributed by atoms with Crippen LogP contribution in [0.5, 0.6) is 0 Å². The molecule has 2 fully saturated rings. The van der Waals surface area contributed by atoms with Crippen molar-refractivity contribution in [1.82, 2.24) is 0 Å². The van der Waals surface area contributed by atoms with E-state index in [-0.39, 0.29) is 19.1 Å². The fraction of sp³-hybridized carbons (Fsp3) is 1.00. The summed E-state index contributed by atoms with van der Waals surface area (Å²) in [5.41, 5.74) is 0. The maximum absolute atomic E-state index is 13.4. The molecule has 2 N–H and O–H groups in total. The molecule has 4 nitrogen and oxygen atoms in total. The zero-order valence-corrected chi connectivity index (χ0v) is 8.51. The van der Waals surface area contributed by atoms with Gasteiger partial charge in [-0.15, -0.1) is 0 Å². The predicted octanol–water partition coefficient (Wildman–Crippen LogP) is 0.362. The van der Waals surface area contributed by atoms with Gasteiger partial charge in [0.05, 0.1) is 12.7 Å². The van der Waals surface area contributed by atoms with Gasteiger partial charge in [0.2, 0.25) is 0 Å². The monoisotopic (exact) mass is 220 g/mol. The van der Waals surface area contributed by atoms with Gasteiger partial charge in [0.15, 0.2) is 6.29 Å². The zero-order valence-electron chi connectivity index (χ0n) is 8.51. The Morgan fingerprint density at radius 2 is 2.07 bits per heavy atom. The maximum Gasteiger partial charge on any atom is 0.181 e. The number of aliphatic hydroxyl groups excluding tert-OH is 2. The summed E-state index contributed by atoms with van der Waals surface area (Å²) in [6, 6.07) is 0. The molecule has 0 spiro atoms. The van der Waals surface area contributed by atoms with Crippen molar-refractivity contribution < 1.29 is 24.1 Å². The summed E-state index contributed by atoms with van der Waals surface area (Å²) in [4.78, 5) is 0. The van der Waals surface area contributed by atoms with Crippen LogP contribution in [0.4, 0.5) is 4.39 Å². The summed E-state index contributed by atoms with van der Waals surface area (Å²) in [5, 5.41) is 18.4. The Labute approximate surface area is 88.0 Å². The van der Waals surface area contributed by atoms with Gasteiger partial charge in [-0.25, -0.2) is 4.39 Å². The summed E-state index contributed by atoms with van der Waals surface area (Å²) in [6.45, 7) is 0.162. The van der Waals surface area contributed by atoms with Crippen molar-refractivity contribution in [1.29, 1.82) is 0 Å². The Balaban J connectivity index is 1.75. The fourth-order valence-electron chi connectivity index (χ4n) is 1.77. The van der Waals surface area contributed by atoms with E-state index in [0.717, 1.165) is 19.3 Å². The number of alkyl halides is 1. The summed E-state index contributed by atoms with van der Waals surface area (Å²) < 4.78 is 23.7. The molecule has 4 atom stereocenters. The van der Waals surface area contributed by atoms with Crippen LogP contribution in [0.15, 0.2) is 0 Å². The van der Waals surface area contributed by atoms with E-state index in [0.29, 0.717) is 0 Å². The molecule has 1 heterocycles. The molecule has 0 aromatic heterocycles. The van der Waals surface area contributed by atoms with Crippen LogP contribution in [0.3, 0.4) is 0 Å². The first-order valence-corrected chi connectivity index (χ1v) is 5.44. The minimum absolute atomic E-state index is 0.0835. The van der Waals surface area contributed by atoms with Crippen molar-refractivity contribution >= 4 is 0 Å². The third-order valence-electron chi connectivity index (χ3n) is 3.06. The third-order valence-corrected chi connectivity index (χ3v) is 3.06. The third kappa shape index (κ3) is 2.66. The normalized spacial score (nSPS) is 42.6. The SMILES string of the molecule is OC1C[C@@H](F)C(COC2CCC2)OC1O. The largest absolute Gasteiger partial charge is 0.388 e. The molecule has 1 aliphatic heterocycles. The van der Waals surface area contributed by atoms with Crippen LogP contribution >= 0.6 is 0 Å². The summed E-state index contributed by atoms with van der Waals surface area (Å²) in [5.74, 6) is 0. The van der Waals surface area contributed by atoms with Crippen LogP contribution in [0.25, 0.3) is 0 Å². The molecule has 1 aliphatic carbocycles. The van der Waals surface area contributed by atoms with Crippen molar-refractivity contribution in [3.8, 4) is 0 Å². The van der Waals surface area contributed by atoms with Crippen LogP contribution < -0.4 is 0 Å². The zero-order chi connectivity index (χ0) is 10.8. The lowest BCUT2D eigenvalue weighted by molar-refractivity contribution is -0.247. The van der Waals surface area contributed by atoms with Gasteiger partial charge >= 0.3 is 0 Å². The molecule has 5 heteroatoms. The second kappa shape index (κ2) is 4.74. The van der Waals surface area contributed by atoms with E-state index in [1.54, 1.807) is 0 Å². The van der Waals surface area contributed by atoms with Crippen LogP contribution in [-0.2, 0) is 9.47 Å². The molecule has 0 aromatic rings. The van der Waals surface area contributed by atoms with E-state index in [4.69, 9.17) is 14.6 Å². The Morgan fingerprint density at radius 3 is 2.67 bits per heavy atom. The first kappa shape index (κ1) is 11.3. The van der Waals surface area contributed by atoms with E-state index >= 15 is 0 Å². The van der Waals surface area contributed by atoms with Crippen LogP contribution in [0.2, 0.25) is 0 Å². The second-order valence-corrected chi connectivity index (χ2v) is 4.27. The Hall–Kier alpha value is -0.230. The first-order valence-electron chi connectivity index (χ1n) is 5.44. The summed E-state index contributed by atoms with van der Waals surface area (Å²) in [6.07, 6.45) is -1.07. The van der Waals surface area contributed by atoms with Gasteiger partial charge in [-0.05, 0) is 19.3 Å². The van der Waals surface area contributed by atoms with Crippen molar-refractivity contribution in [2.45, 2.75) is 56.5 Å². The standard InChI is InChI=1S/C10H17FO4/c11-7-4-8(12)10(13)15-9(7)5-14-6-2-1-3-6/h6-10,12-13H,1-5H2/t7-,8?,9?,10?/m1/s1. The fourth-order valence-corrected chi connectivity index (χ4v) is 1.77. The minimum Gasteiger partial charge on any atom is -0.388 e. The molecule has 0 radical (unpaired) electrons. The van der Waals surface area contributed by atoms with Gasteiger partial charge in [0.25, 0.3) is 0 Å². The minimum atomic E-state index is -1.29. The van der Waals surface area contributed by atoms with E-state index in [2.05, 4.69) is 0 Å². The summed E-state index contributed by atoms with van der Waals surface area (Å²) >= 11 is 0. The first-order chi connectivity index (χ1) is 7.16. The number of hydrogen-bond acceptors (Lipinski definition) is 4. The van der Waals surface area contributed by atoms with Crippen LogP contribution in [0, 0.1) is 0 Å².